The Morgan fingerprint density at radius 2 is 2.21 bits per heavy atom. The van der Waals surface area contributed by atoms with Crippen molar-refractivity contribution < 1.29 is 23.5 Å². The number of aryl methyl sites for hydroxylation is 1. The van der Waals surface area contributed by atoms with Gasteiger partial charge in [-0.15, -0.1) is 0 Å². The molecule has 1 aliphatic rings. The molecule has 0 aliphatic carbocycles. The second-order valence-corrected chi connectivity index (χ2v) is 6.49. The summed E-state index contributed by atoms with van der Waals surface area (Å²) in [6.45, 7) is 4.20. The van der Waals surface area contributed by atoms with Gasteiger partial charge in [-0.1, -0.05) is 0 Å². The number of hydrogen-bond donors (Lipinski definition) is 2. The summed E-state index contributed by atoms with van der Waals surface area (Å²) in [6, 6.07) is 3.95. The Bertz CT molecular complexity index is 816. The number of aliphatic carboxylic acids is 1. The number of likely N-dealkylation sites (tertiary alicyclic amines) is 1. The van der Waals surface area contributed by atoms with E-state index in [1.54, 1.807) is 13.0 Å². The highest BCUT2D eigenvalue weighted by atomic mass is 19.1. The highest BCUT2D eigenvalue weighted by molar-refractivity contribution is 5.82. The first kappa shape index (κ1) is 16.3. The monoisotopic (exact) mass is 334 g/mol. The zero-order chi connectivity index (χ0) is 17.5. The summed E-state index contributed by atoms with van der Waals surface area (Å²) in [5.74, 6) is -0.677. The number of rotatable bonds is 3. The number of carboxylic acid groups (broad SMARTS) is 1. The van der Waals surface area contributed by atoms with E-state index in [9.17, 15) is 19.1 Å². The third-order valence-corrected chi connectivity index (χ3v) is 4.67. The lowest BCUT2D eigenvalue weighted by molar-refractivity contribution is -0.147. The number of amides is 2. The molecule has 0 radical (unpaired) electrons. The van der Waals surface area contributed by atoms with Crippen LogP contribution in [0.2, 0.25) is 0 Å². The summed E-state index contributed by atoms with van der Waals surface area (Å²) in [5, 5.41) is 12.6. The average molecular weight is 334 g/mol. The molecule has 24 heavy (non-hydrogen) atoms. The van der Waals surface area contributed by atoms with Gasteiger partial charge in [0.1, 0.15) is 17.2 Å². The molecule has 1 unspecified atom stereocenters. The topological polar surface area (TPSA) is 82.8 Å². The van der Waals surface area contributed by atoms with Crippen molar-refractivity contribution in [1.29, 1.82) is 0 Å². The van der Waals surface area contributed by atoms with Crippen LogP contribution in [0.5, 0.6) is 0 Å². The van der Waals surface area contributed by atoms with Crippen molar-refractivity contribution in [3.8, 4) is 0 Å². The smallest absolute Gasteiger partial charge is 0.317 e. The fourth-order valence-corrected chi connectivity index (χ4v) is 2.99. The molecule has 128 valence electrons. The van der Waals surface area contributed by atoms with Crippen LogP contribution in [0.1, 0.15) is 24.7 Å². The Labute approximate surface area is 138 Å². The molecule has 3 rings (SSSR count). The van der Waals surface area contributed by atoms with Crippen LogP contribution in [0.4, 0.5) is 9.18 Å². The van der Waals surface area contributed by atoms with Gasteiger partial charge in [0.2, 0.25) is 0 Å². The molecule has 1 aromatic heterocycles. The van der Waals surface area contributed by atoms with E-state index in [1.165, 1.54) is 17.0 Å². The van der Waals surface area contributed by atoms with Gasteiger partial charge in [-0.05, 0) is 38.5 Å². The maximum absolute atomic E-state index is 13.3. The second kappa shape index (κ2) is 5.81. The lowest BCUT2D eigenvalue weighted by atomic mass is 9.90. The first-order valence-electron chi connectivity index (χ1n) is 7.74. The summed E-state index contributed by atoms with van der Waals surface area (Å²) in [7, 11) is 0. The Morgan fingerprint density at radius 1 is 1.46 bits per heavy atom. The fraction of sp³-hybridized carbons (Fsp3) is 0.412. The van der Waals surface area contributed by atoms with Crippen molar-refractivity contribution in [3.63, 3.8) is 0 Å². The maximum Gasteiger partial charge on any atom is 0.317 e. The Hall–Kier alpha value is -2.57. The van der Waals surface area contributed by atoms with E-state index in [1.807, 2.05) is 6.92 Å². The van der Waals surface area contributed by atoms with Gasteiger partial charge >= 0.3 is 12.0 Å². The molecule has 2 N–H and O–H groups in total. The maximum atomic E-state index is 13.3. The van der Waals surface area contributed by atoms with Gasteiger partial charge in [0, 0.05) is 24.0 Å². The van der Waals surface area contributed by atoms with E-state index in [0.717, 1.165) is 5.56 Å². The Morgan fingerprint density at radius 3 is 2.88 bits per heavy atom. The van der Waals surface area contributed by atoms with Crippen LogP contribution in [0, 0.1) is 18.2 Å². The van der Waals surface area contributed by atoms with Crippen LogP contribution in [0.3, 0.4) is 0 Å². The van der Waals surface area contributed by atoms with E-state index in [0.29, 0.717) is 29.7 Å². The van der Waals surface area contributed by atoms with Crippen LogP contribution in [0.25, 0.3) is 11.0 Å². The lowest BCUT2D eigenvalue weighted by Gasteiger charge is -2.20. The zero-order valence-electron chi connectivity index (χ0n) is 13.6. The molecular formula is C17H19FN2O4. The standard InChI is InChI=1S/C17H19FN2O4/c1-10-12-7-11(18)3-4-13(12)24-14(10)8-19-16(23)20-6-5-17(2,9-20)15(21)22/h3-4,7H,5-6,8-9H2,1-2H3,(H,19,23)(H,21,22). The van der Waals surface area contributed by atoms with Crippen LogP contribution < -0.4 is 5.32 Å². The minimum absolute atomic E-state index is 0.168. The quantitative estimate of drug-likeness (QED) is 0.904. The summed E-state index contributed by atoms with van der Waals surface area (Å²) < 4.78 is 19.0. The molecule has 1 atom stereocenters. The third-order valence-electron chi connectivity index (χ3n) is 4.67. The van der Waals surface area contributed by atoms with Crippen LogP contribution in [0.15, 0.2) is 22.6 Å². The molecule has 2 heterocycles. The summed E-state index contributed by atoms with van der Waals surface area (Å²) in [6.07, 6.45) is 0.429. The highest BCUT2D eigenvalue weighted by Crippen LogP contribution is 2.30. The van der Waals surface area contributed by atoms with E-state index < -0.39 is 11.4 Å². The molecule has 2 amide bonds. The molecule has 0 saturated carbocycles. The Kier molecular flexibility index (Phi) is 3.95. The van der Waals surface area contributed by atoms with E-state index in [-0.39, 0.29) is 24.9 Å². The molecule has 0 bridgehead atoms. The van der Waals surface area contributed by atoms with Crippen molar-refractivity contribution in [2.75, 3.05) is 13.1 Å². The number of urea groups is 1. The minimum atomic E-state index is -0.899. The number of fused-ring (bicyclic) bond motifs is 1. The molecule has 2 aromatic rings. The average Bonchev–Trinajstić information content (AvgIpc) is 3.08. The zero-order valence-corrected chi connectivity index (χ0v) is 13.6. The summed E-state index contributed by atoms with van der Waals surface area (Å²) >= 11 is 0. The first-order valence-corrected chi connectivity index (χ1v) is 7.74. The number of nitrogens with one attached hydrogen (secondary N) is 1. The molecule has 1 saturated heterocycles. The number of furan rings is 1. The van der Waals surface area contributed by atoms with Gasteiger partial charge in [-0.2, -0.15) is 0 Å². The summed E-state index contributed by atoms with van der Waals surface area (Å²) in [4.78, 5) is 25.0. The van der Waals surface area contributed by atoms with Crippen LogP contribution in [-0.2, 0) is 11.3 Å². The van der Waals surface area contributed by atoms with Crippen LogP contribution >= 0.6 is 0 Å². The number of carbonyl (C=O) groups excluding carboxylic acids is 1. The highest BCUT2D eigenvalue weighted by Gasteiger charge is 2.42. The molecule has 6 nitrogen and oxygen atoms in total. The largest absolute Gasteiger partial charge is 0.481 e. The molecule has 7 heteroatoms. The third kappa shape index (κ3) is 2.81. The normalized spacial score (nSPS) is 20.5. The predicted octanol–water partition coefficient (Wildman–Crippen LogP) is 2.89. The van der Waals surface area contributed by atoms with Crippen molar-refractivity contribution >= 4 is 23.0 Å². The number of nitrogens with zero attached hydrogens (tertiary/aromatic N) is 1. The molecule has 1 aliphatic heterocycles. The number of carbonyl (C=O) groups is 2. The number of carboxylic acids is 1. The van der Waals surface area contributed by atoms with Gasteiger partial charge in [0.05, 0.1) is 12.0 Å². The lowest BCUT2D eigenvalue weighted by Crippen LogP contribution is -2.40. The van der Waals surface area contributed by atoms with Crippen molar-refractivity contribution in [3.05, 3.63) is 35.3 Å². The Balaban J connectivity index is 1.67. The fourth-order valence-electron chi connectivity index (χ4n) is 2.99. The van der Waals surface area contributed by atoms with Gasteiger partial charge in [0.15, 0.2) is 0 Å². The summed E-state index contributed by atoms with van der Waals surface area (Å²) in [5.41, 5.74) is 0.448. The van der Waals surface area contributed by atoms with Gasteiger partial charge < -0.3 is 19.7 Å². The SMILES string of the molecule is Cc1c(CNC(=O)N2CCC(C)(C(=O)O)C2)oc2ccc(F)cc12. The van der Waals surface area contributed by atoms with E-state index in [2.05, 4.69) is 5.32 Å². The van der Waals surface area contributed by atoms with Crippen molar-refractivity contribution in [1.82, 2.24) is 10.2 Å². The second-order valence-electron chi connectivity index (χ2n) is 6.49. The van der Waals surface area contributed by atoms with Crippen molar-refractivity contribution in [2.45, 2.75) is 26.8 Å². The van der Waals surface area contributed by atoms with E-state index >= 15 is 0 Å². The van der Waals surface area contributed by atoms with Crippen LogP contribution in [-0.4, -0.2) is 35.1 Å². The predicted molar refractivity (Wildman–Crippen MR) is 85.1 cm³/mol. The van der Waals surface area contributed by atoms with Gasteiger partial charge in [-0.3, -0.25) is 4.79 Å². The molecular weight excluding hydrogens is 315 g/mol. The number of halogens is 1. The molecule has 1 fully saturated rings. The number of hydrogen-bond acceptors (Lipinski definition) is 3. The van der Waals surface area contributed by atoms with Crippen molar-refractivity contribution in [2.24, 2.45) is 5.41 Å². The van der Waals surface area contributed by atoms with Gasteiger partial charge in [0.25, 0.3) is 0 Å². The van der Waals surface area contributed by atoms with E-state index in [4.69, 9.17) is 4.42 Å². The molecule has 1 aromatic carbocycles. The minimum Gasteiger partial charge on any atom is -0.481 e. The van der Waals surface area contributed by atoms with Gasteiger partial charge in [-0.25, -0.2) is 9.18 Å². The molecule has 0 spiro atoms. The first-order chi connectivity index (χ1) is 11.3. The number of benzene rings is 1.